The summed E-state index contributed by atoms with van der Waals surface area (Å²) in [6.45, 7) is 0. The summed E-state index contributed by atoms with van der Waals surface area (Å²) in [6, 6.07) is 5.32. The van der Waals surface area contributed by atoms with Crippen LogP contribution in [0.4, 0.5) is 10.1 Å². The SMILES string of the molecule is Nc1ccc(F)cc1-c1c(Cl)c(Cl)cc(Cl)c1Cl. The lowest BCUT2D eigenvalue weighted by atomic mass is 10.0. The summed E-state index contributed by atoms with van der Waals surface area (Å²) in [5.74, 6) is -0.456. The van der Waals surface area contributed by atoms with Gasteiger partial charge in [0.05, 0.1) is 20.1 Å². The van der Waals surface area contributed by atoms with Gasteiger partial charge in [-0.05, 0) is 24.3 Å². The Morgan fingerprint density at radius 3 is 2.00 bits per heavy atom. The lowest BCUT2D eigenvalue weighted by molar-refractivity contribution is 0.628. The first-order valence-corrected chi connectivity index (χ1v) is 6.31. The third kappa shape index (κ3) is 2.39. The summed E-state index contributed by atoms with van der Waals surface area (Å²) in [6.07, 6.45) is 0. The summed E-state index contributed by atoms with van der Waals surface area (Å²) in [4.78, 5) is 0. The van der Waals surface area contributed by atoms with Gasteiger partial charge in [0.1, 0.15) is 5.82 Å². The van der Waals surface area contributed by atoms with Crippen molar-refractivity contribution in [2.45, 2.75) is 0 Å². The molecular weight excluding hydrogens is 319 g/mol. The number of benzene rings is 2. The van der Waals surface area contributed by atoms with Crippen molar-refractivity contribution in [3.63, 3.8) is 0 Å². The first-order chi connectivity index (χ1) is 8.41. The van der Waals surface area contributed by atoms with E-state index in [2.05, 4.69) is 0 Å². The van der Waals surface area contributed by atoms with Gasteiger partial charge >= 0.3 is 0 Å². The third-order valence-electron chi connectivity index (χ3n) is 2.40. The van der Waals surface area contributed by atoms with E-state index < -0.39 is 5.82 Å². The number of hydrogen-bond acceptors (Lipinski definition) is 1. The predicted octanol–water partition coefficient (Wildman–Crippen LogP) is 5.69. The Hall–Kier alpha value is -0.670. The van der Waals surface area contributed by atoms with Crippen molar-refractivity contribution >= 4 is 52.1 Å². The van der Waals surface area contributed by atoms with Gasteiger partial charge in [-0.15, -0.1) is 0 Å². The molecule has 2 N–H and O–H groups in total. The number of halogens is 5. The Kier molecular flexibility index (Phi) is 3.93. The highest BCUT2D eigenvalue weighted by Crippen LogP contribution is 2.44. The second-order valence-electron chi connectivity index (χ2n) is 3.57. The Morgan fingerprint density at radius 1 is 0.889 bits per heavy atom. The lowest BCUT2D eigenvalue weighted by Crippen LogP contribution is -1.93. The fourth-order valence-electron chi connectivity index (χ4n) is 1.55. The summed E-state index contributed by atoms with van der Waals surface area (Å²) < 4.78 is 13.3. The Bertz CT molecular complexity index is 602. The van der Waals surface area contributed by atoms with Crippen molar-refractivity contribution in [2.24, 2.45) is 0 Å². The van der Waals surface area contributed by atoms with Crippen LogP contribution in [0.2, 0.25) is 20.1 Å². The van der Waals surface area contributed by atoms with Crippen molar-refractivity contribution in [1.29, 1.82) is 0 Å². The van der Waals surface area contributed by atoms with E-state index >= 15 is 0 Å². The summed E-state index contributed by atoms with van der Waals surface area (Å²) in [5.41, 5.74) is 6.80. The molecule has 0 radical (unpaired) electrons. The van der Waals surface area contributed by atoms with E-state index in [0.29, 0.717) is 16.8 Å². The average Bonchev–Trinajstić information content (AvgIpc) is 2.31. The zero-order valence-corrected chi connectivity index (χ0v) is 11.8. The number of nitrogen functional groups attached to an aromatic ring is 1. The molecule has 2 aromatic carbocycles. The molecule has 0 aliphatic carbocycles. The maximum absolute atomic E-state index is 13.3. The standard InChI is InChI=1S/C12H6Cl4FN/c13-7-4-8(14)12(16)10(11(7)15)6-3-5(17)1-2-9(6)18/h1-4H,18H2. The zero-order chi connectivity index (χ0) is 13.4. The highest BCUT2D eigenvalue weighted by Gasteiger charge is 2.18. The number of nitrogens with two attached hydrogens (primary N) is 1. The molecule has 0 bridgehead atoms. The quantitative estimate of drug-likeness (QED) is 0.529. The summed E-state index contributed by atoms with van der Waals surface area (Å²) >= 11 is 24.0. The Labute approximate surface area is 123 Å². The molecule has 0 atom stereocenters. The normalized spacial score (nSPS) is 10.7. The van der Waals surface area contributed by atoms with E-state index in [9.17, 15) is 4.39 Å². The molecule has 0 amide bonds. The van der Waals surface area contributed by atoms with Gasteiger partial charge in [-0.1, -0.05) is 46.4 Å². The summed E-state index contributed by atoms with van der Waals surface area (Å²) in [7, 11) is 0. The van der Waals surface area contributed by atoms with Crippen LogP contribution in [0.1, 0.15) is 0 Å². The summed E-state index contributed by atoms with van der Waals surface area (Å²) in [5, 5.41) is 0.821. The van der Waals surface area contributed by atoms with Crippen LogP contribution in [-0.2, 0) is 0 Å². The van der Waals surface area contributed by atoms with E-state index in [0.717, 1.165) is 0 Å². The molecule has 0 saturated carbocycles. The molecule has 0 fully saturated rings. The van der Waals surface area contributed by atoms with Crippen molar-refractivity contribution in [1.82, 2.24) is 0 Å². The van der Waals surface area contributed by atoms with E-state index in [-0.39, 0.29) is 20.1 Å². The van der Waals surface area contributed by atoms with Crippen molar-refractivity contribution < 1.29 is 4.39 Å². The third-order valence-corrected chi connectivity index (χ3v) is 3.97. The average molecular weight is 325 g/mol. The van der Waals surface area contributed by atoms with Crippen molar-refractivity contribution in [2.75, 3.05) is 5.73 Å². The fraction of sp³-hybridized carbons (Fsp3) is 0. The monoisotopic (exact) mass is 323 g/mol. The molecule has 2 aromatic rings. The molecule has 0 aliphatic heterocycles. The van der Waals surface area contributed by atoms with Crippen LogP contribution in [0.3, 0.4) is 0 Å². The van der Waals surface area contributed by atoms with Gasteiger partial charge in [0.2, 0.25) is 0 Å². The highest BCUT2D eigenvalue weighted by molar-refractivity contribution is 6.50. The molecule has 0 heterocycles. The topological polar surface area (TPSA) is 26.0 Å². The van der Waals surface area contributed by atoms with Crippen LogP contribution in [0.15, 0.2) is 24.3 Å². The first kappa shape index (κ1) is 13.8. The molecule has 0 aliphatic rings. The maximum Gasteiger partial charge on any atom is 0.123 e. The molecule has 0 aromatic heterocycles. The van der Waals surface area contributed by atoms with Gasteiger partial charge < -0.3 is 5.73 Å². The van der Waals surface area contributed by atoms with Gasteiger partial charge in [0.15, 0.2) is 0 Å². The fourth-order valence-corrected chi connectivity index (χ4v) is 2.57. The van der Waals surface area contributed by atoms with Crippen molar-refractivity contribution in [3.05, 3.63) is 50.2 Å². The predicted molar refractivity (Wildman–Crippen MR) is 76.3 cm³/mol. The molecule has 1 nitrogen and oxygen atoms in total. The molecule has 0 saturated heterocycles. The van der Waals surface area contributed by atoms with Crippen LogP contribution in [-0.4, -0.2) is 0 Å². The Morgan fingerprint density at radius 2 is 1.44 bits per heavy atom. The highest BCUT2D eigenvalue weighted by atomic mass is 35.5. The van der Waals surface area contributed by atoms with Crippen LogP contribution in [0.25, 0.3) is 11.1 Å². The molecule has 0 unspecified atom stereocenters. The zero-order valence-electron chi connectivity index (χ0n) is 8.78. The van der Waals surface area contributed by atoms with Gasteiger partial charge in [0, 0.05) is 16.8 Å². The maximum atomic E-state index is 13.3. The van der Waals surface area contributed by atoms with E-state index in [1.165, 1.54) is 24.3 Å². The van der Waals surface area contributed by atoms with Gasteiger partial charge in [-0.3, -0.25) is 0 Å². The second-order valence-corrected chi connectivity index (χ2v) is 5.15. The smallest absolute Gasteiger partial charge is 0.123 e. The molecule has 2 rings (SSSR count). The first-order valence-electron chi connectivity index (χ1n) is 4.80. The van der Waals surface area contributed by atoms with Gasteiger partial charge in [-0.25, -0.2) is 4.39 Å². The minimum atomic E-state index is -0.456. The van der Waals surface area contributed by atoms with Gasteiger partial charge in [0.25, 0.3) is 0 Å². The lowest BCUT2D eigenvalue weighted by Gasteiger charge is -2.12. The second kappa shape index (κ2) is 5.14. The molecule has 6 heteroatoms. The van der Waals surface area contributed by atoms with Crippen LogP contribution in [0.5, 0.6) is 0 Å². The molecule has 0 spiro atoms. The molecular formula is C12H6Cl4FN. The largest absolute Gasteiger partial charge is 0.398 e. The van der Waals surface area contributed by atoms with Crippen LogP contribution in [0, 0.1) is 5.82 Å². The van der Waals surface area contributed by atoms with Crippen molar-refractivity contribution in [3.8, 4) is 11.1 Å². The molecule has 18 heavy (non-hydrogen) atoms. The van der Waals surface area contributed by atoms with Crippen LogP contribution < -0.4 is 5.73 Å². The number of anilines is 1. The minimum absolute atomic E-state index is 0.184. The minimum Gasteiger partial charge on any atom is -0.398 e. The van der Waals surface area contributed by atoms with Gasteiger partial charge in [-0.2, -0.15) is 0 Å². The molecule has 94 valence electrons. The van der Waals surface area contributed by atoms with E-state index in [4.69, 9.17) is 52.1 Å². The Balaban J connectivity index is 2.82. The van der Waals surface area contributed by atoms with Crippen LogP contribution >= 0.6 is 46.4 Å². The van der Waals surface area contributed by atoms with E-state index in [1.807, 2.05) is 0 Å². The number of hydrogen-bond donors (Lipinski definition) is 1. The number of rotatable bonds is 1. The van der Waals surface area contributed by atoms with E-state index in [1.54, 1.807) is 0 Å².